The molecule has 3 N–H and O–H groups in total. The van der Waals surface area contributed by atoms with Gasteiger partial charge in [-0.2, -0.15) is 10.2 Å². The largest absolute Gasteiger partial charge is 0.478 e. The van der Waals surface area contributed by atoms with Gasteiger partial charge in [-0.05, 0) is 84.3 Å². The normalized spacial score (nSPS) is 15.2. The smallest absolute Gasteiger partial charge is 0.337 e. The quantitative estimate of drug-likeness (QED) is 0.111. The van der Waals surface area contributed by atoms with Crippen LogP contribution in [0.3, 0.4) is 0 Å². The third-order valence-electron chi connectivity index (χ3n) is 11.7. The SMILES string of the molecule is CC1(C)CCN(c2cccc(Nc3cc(-c4cccc(C(=O)O)c4)nn4ccnc34)n2)C1.COC(=O)c1cccc(-c2cc(Nc3cccc(N4CCC(C)(C)C4)n3)c3nccn3n2)c1. The number of aromatic nitrogens is 8. The predicted octanol–water partition coefficient (Wildman–Crippen LogP) is 9.03. The van der Waals surface area contributed by atoms with E-state index in [-0.39, 0.29) is 16.9 Å². The monoisotopic (exact) mass is 870 g/mol. The fraction of sp³-hybridized carbons (Fsp3) is 0.265. The van der Waals surface area contributed by atoms with Gasteiger partial charge < -0.3 is 30.3 Å². The Morgan fingerprint density at radius 2 is 1.09 bits per heavy atom. The number of aromatic carboxylic acids is 1. The Morgan fingerprint density at radius 3 is 1.54 bits per heavy atom. The maximum Gasteiger partial charge on any atom is 0.337 e. The molecule has 2 aromatic carbocycles. The molecule has 0 unspecified atom stereocenters. The van der Waals surface area contributed by atoms with E-state index in [0.29, 0.717) is 45.0 Å². The molecule has 0 atom stereocenters. The van der Waals surface area contributed by atoms with Crippen molar-refractivity contribution in [2.24, 2.45) is 10.8 Å². The van der Waals surface area contributed by atoms with Gasteiger partial charge in [0.2, 0.25) is 0 Å². The number of rotatable bonds is 10. The summed E-state index contributed by atoms with van der Waals surface area (Å²) in [6, 6.07) is 29.7. The van der Waals surface area contributed by atoms with E-state index >= 15 is 0 Å². The topological polar surface area (TPSA) is 180 Å². The number of benzene rings is 2. The van der Waals surface area contributed by atoms with E-state index in [4.69, 9.17) is 14.7 Å². The van der Waals surface area contributed by atoms with Crippen molar-refractivity contribution in [3.05, 3.63) is 133 Å². The van der Waals surface area contributed by atoms with Gasteiger partial charge in [0.1, 0.15) is 23.3 Å². The van der Waals surface area contributed by atoms with Crippen molar-refractivity contribution in [1.29, 1.82) is 0 Å². The Kier molecular flexibility index (Phi) is 11.3. The number of esters is 1. The van der Waals surface area contributed by atoms with Crippen LogP contribution in [0, 0.1) is 10.8 Å². The van der Waals surface area contributed by atoms with Gasteiger partial charge >= 0.3 is 11.9 Å². The highest BCUT2D eigenvalue weighted by Crippen LogP contribution is 2.35. The molecule has 0 radical (unpaired) electrons. The third kappa shape index (κ3) is 9.42. The molecule has 8 aromatic rings. The standard InChI is InChI=1S/C25H26N6O2.C24H24N6O2/c1-25(2)10-12-30(16-25)22-9-5-8-21(28-22)27-20-15-19(29-31-13-11-26-23(20)31)17-6-4-7-18(14-17)24(32)33-3;1-24(2)9-11-29(15-24)21-8-4-7-20(27-21)26-19-14-18(28-30-12-10-25-22(19)30)16-5-3-6-17(13-16)23(31)32/h4-9,11,13-15H,10,12,16H2,1-3H3,(H,27,28);3-8,10,12-14H,9,11,15H2,1-2H3,(H,26,27)(H,31,32). The molecule has 8 heterocycles. The molecule has 16 heteroatoms. The maximum atomic E-state index is 12.0. The van der Waals surface area contributed by atoms with Gasteiger partial charge in [-0.15, -0.1) is 0 Å². The molecule has 2 aliphatic rings. The van der Waals surface area contributed by atoms with Crippen LogP contribution in [0.5, 0.6) is 0 Å². The number of anilines is 6. The van der Waals surface area contributed by atoms with E-state index in [1.54, 1.807) is 64.2 Å². The first-order valence-electron chi connectivity index (χ1n) is 21.5. The summed E-state index contributed by atoms with van der Waals surface area (Å²) >= 11 is 0. The first kappa shape index (κ1) is 42.4. The zero-order chi connectivity index (χ0) is 45.3. The Labute approximate surface area is 376 Å². The highest BCUT2D eigenvalue weighted by Gasteiger charge is 2.31. The Balaban J connectivity index is 0.000000164. The van der Waals surface area contributed by atoms with Crippen LogP contribution in [0.1, 0.15) is 61.3 Å². The zero-order valence-electron chi connectivity index (χ0n) is 36.9. The lowest BCUT2D eigenvalue weighted by atomic mass is 9.93. The first-order valence-corrected chi connectivity index (χ1v) is 21.5. The van der Waals surface area contributed by atoms with Crippen molar-refractivity contribution in [3.8, 4) is 22.5 Å². The summed E-state index contributed by atoms with van der Waals surface area (Å²) in [6.07, 6.45) is 9.24. The predicted molar refractivity (Wildman–Crippen MR) is 251 cm³/mol. The van der Waals surface area contributed by atoms with Crippen molar-refractivity contribution in [2.45, 2.75) is 40.5 Å². The van der Waals surface area contributed by atoms with Crippen LogP contribution in [0.4, 0.5) is 34.6 Å². The van der Waals surface area contributed by atoms with Crippen molar-refractivity contribution in [2.75, 3.05) is 53.7 Å². The summed E-state index contributed by atoms with van der Waals surface area (Å²) in [5, 5.41) is 25.4. The van der Waals surface area contributed by atoms with Crippen molar-refractivity contribution in [1.82, 2.24) is 39.2 Å². The lowest BCUT2D eigenvalue weighted by Gasteiger charge is -2.21. The number of nitrogens with zero attached hydrogens (tertiary/aromatic N) is 10. The van der Waals surface area contributed by atoms with Crippen molar-refractivity contribution < 1.29 is 19.4 Å². The number of carbonyl (C=O) groups is 2. The van der Waals surface area contributed by atoms with Gasteiger partial charge in [0.25, 0.3) is 0 Å². The van der Waals surface area contributed by atoms with Crippen molar-refractivity contribution >= 4 is 57.9 Å². The molecular formula is C49H50N12O4. The van der Waals surface area contributed by atoms with Gasteiger partial charge in [0.05, 0.1) is 41.0 Å². The van der Waals surface area contributed by atoms with Crippen LogP contribution >= 0.6 is 0 Å². The molecule has 10 rings (SSSR count). The van der Waals surface area contributed by atoms with E-state index in [9.17, 15) is 14.7 Å². The highest BCUT2D eigenvalue weighted by molar-refractivity contribution is 5.91. The molecule has 0 saturated carbocycles. The molecule has 2 aliphatic heterocycles. The molecule has 2 fully saturated rings. The minimum Gasteiger partial charge on any atom is -0.478 e. The van der Waals surface area contributed by atoms with Gasteiger partial charge in [0.15, 0.2) is 11.3 Å². The average molecular weight is 871 g/mol. The molecule has 0 bridgehead atoms. The van der Waals surface area contributed by atoms with E-state index < -0.39 is 5.97 Å². The van der Waals surface area contributed by atoms with Crippen LogP contribution in [0.25, 0.3) is 33.8 Å². The average Bonchev–Trinajstić information content (AvgIpc) is 4.14. The van der Waals surface area contributed by atoms with Crippen LogP contribution in [-0.4, -0.2) is 89.5 Å². The summed E-state index contributed by atoms with van der Waals surface area (Å²) in [7, 11) is 1.37. The molecule has 0 amide bonds. The fourth-order valence-electron chi connectivity index (χ4n) is 8.26. The number of carboxylic acids is 1. The van der Waals surface area contributed by atoms with E-state index in [2.05, 4.69) is 68.3 Å². The first-order chi connectivity index (χ1) is 31.3. The number of hydrogen-bond donors (Lipinski definition) is 3. The molecular weight excluding hydrogens is 821 g/mol. The summed E-state index contributed by atoms with van der Waals surface area (Å²) in [6.45, 7) is 13.1. The van der Waals surface area contributed by atoms with Crippen LogP contribution in [0.15, 0.2) is 122 Å². The van der Waals surface area contributed by atoms with Gasteiger partial charge in [-0.3, -0.25) is 0 Å². The second-order valence-corrected chi connectivity index (χ2v) is 17.9. The van der Waals surface area contributed by atoms with Gasteiger partial charge in [-0.25, -0.2) is 38.6 Å². The summed E-state index contributed by atoms with van der Waals surface area (Å²) in [4.78, 5) is 46.5. The number of carboxylic acid groups (broad SMARTS) is 1. The molecule has 0 spiro atoms. The van der Waals surface area contributed by atoms with E-state index in [1.165, 1.54) is 7.11 Å². The van der Waals surface area contributed by atoms with Crippen LogP contribution in [0.2, 0.25) is 0 Å². The number of pyridine rings is 2. The minimum absolute atomic E-state index is 0.215. The number of ether oxygens (including phenoxy) is 1. The fourth-order valence-corrected chi connectivity index (χ4v) is 8.26. The number of nitrogens with one attached hydrogen (secondary N) is 2. The maximum absolute atomic E-state index is 12.0. The minimum atomic E-state index is -0.972. The lowest BCUT2D eigenvalue weighted by Crippen LogP contribution is -2.23. The number of carbonyl (C=O) groups excluding carboxylic acids is 1. The number of imidazole rings is 2. The van der Waals surface area contributed by atoms with Crippen LogP contribution < -0.4 is 20.4 Å². The highest BCUT2D eigenvalue weighted by atomic mass is 16.5. The second kappa shape index (κ2) is 17.4. The lowest BCUT2D eigenvalue weighted by molar-refractivity contribution is 0.0599. The number of fused-ring (bicyclic) bond motifs is 2. The third-order valence-corrected chi connectivity index (χ3v) is 11.7. The van der Waals surface area contributed by atoms with Crippen LogP contribution in [-0.2, 0) is 4.74 Å². The number of hydrogen-bond acceptors (Lipinski definition) is 13. The number of methoxy groups -OCH3 is 1. The molecule has 16 nitrogen and oxygen atoms in total. The zero-order valence-corrected chi connectivity index (χ0v) is 36.9. The molecule has 330 valence electrons. The molecule has 6 aromatic heterocycles. The van der Waals surface area contributed by atoms with E-state index in [1.807, 2.05) is 66.7 Å². The van der Waals surface area contributed by atoms with E-state index in [0.717, 1.165) is 73.4 Å². The summed E-state index contributed by atoms with van der Waals surface area (Å²) in [5.41, 5.74) is 7.00. The Hall–Kier alpha value is -7.88. The second-order valence-electron chi connectivity index (χ2n) is 17.9. The Morgan fingerprint density at radius 1 is 0.631 bits per heavy atom. The summed E-state index contributed by atoms with van der Waals surface area (Å²) in [5.74, 6) is 2.01. The summed E-state index contributed by atoms with van der Waals surface area (Å²) < 4.78 is 8.25. The molecule has 65 heavy (non-hydrogen) atoms. The molecule has 2 saturated heterocycles. The molecule has 0 aliphatic carbocycles. The van der Waals surface area contributed by atoms with Gasteiger partial charge in [0, 0.05) is 62.1 Å². The Bertz CT molecular complexity index is 3050. The van der Waals surface area contributed by atoms with Gasteiger partial charge in [-0.1, -0.05) is 64.1 Å². The van der Waals surface area contributed by atoms with Crippen molar-refractivity contribution in [3.63, 3.8) is 0 Å².